The number of hydrazone groups is 1. The molecule has 0 aliphatic carbocycles. The number of rotatable bonds is 6. The van der Waals surface area contributed by atoms with Gasteiger partial charge in [-0.05, 0) is 42.0 Å². The van der Waals surface area contributed by atoms with Crippen molar-refractivity contribution in [2.75, 3.05) is 5.75 Å². The molecule has 3 aromatic rings. The molecule has 0 aliphatic rings. The topological polar surface area (TPSA) is 72.2 Å². The van der Waals surface area contributed by atoms with Gasteiger partial charge in [-0.15, -0.1) is 10.2 Å². The fourth-order valence-electron chi connectivity index (χ4n) is 2.18. The highest BCUT2D eigenvalue weighted by molar-refractivity contribution is 9.10. The molecule has 1 amide bonds. The average molecular weight is 465 g/mol. The molecule has 0 saturated heterocycles. The highest BCUT2D eigenvalue weighted by Crippen LogP contribution is 2.23. The van der Waals surface area contributed by atoms with E-state index in [0.717, 1.165) is 15.6 Å². The van der Waals surface area contributed by atoms with E-state index in [0.29, 0.717) is 16.0 Å². The largest absolute Gasteiger partial charge is 0.305 e. The molecule has 9 heteroatoms. The van der Waals surface area contributed by atoms with Crippen LogP contribution in [0.4, 0.5) is 0 Å². The zero-order valence-corrected chi connectivity index (χ0v) is 17.4. The Bertz CT molecular complexity index is 957. The Morgan fingerprint density at radius 2 is 1.93 bits per heavy atom. The molecule has 0 spiro atoms. The van der Waals surface area contributed by atoms with Crippen molar-refractivity contribution in [1.29, 1.82) is 0 Å². The van der Waals surface area contributed by atoms with Crippen LogP contribution in [0.5, 0.6) is 0 Å². The van der Waals surface area contributed by atoms with Crippen molar-refractivity contribution in [2.24, 2.45) is 12.1 Å². The van der Waals surface area contributed by atoms with Crippen LogP contribution >= 0.6 is 39.3 Å². The van der Waals surface area contributed by atoms with Gasteiger partial charge in [0.25, 0.3) is 5.91 Å². The van der Waals surface area contributed by atoms with Crippen LogP contribution in [0.1, 0.15) is 5.56 Å². The summed E-state index contributed by atoms with van der Waals surface area (Å²) in [6, 6.07) is 15.0. The standard InChI is InChI=1S/C18H15BrClN5OS/c1-25-17(13-4-8-15(20)9-5-13)23-24-18(25)27-11-16(26)22-21-10-12-2-6-14(19)7-3-12/h2-10H,11H2,1H3,(H,22,26)/b21-10-. The minimum absolute atomic E-state index is 0.185. The summed E-state index contributed by atoms with van der Waals surface area (Å²) in [5.41, 5.74) is 4.31. The predicted molar refractivity (Wildman–Crippen MR) is 112 cm³/mol. The summed E-state index contributed by atoms with van der Waals surface area (Å²) >= 11 is 10.6. The molecular weight excluding hydrogens is 450 g/mol. The van der Waals surface area contributed by atoms with Crippen LogP contribution in [0.15, 0.2) is 63.3 Å². The number of carbonyl (C=O) groups excluding carboxylic acids is 1. The first-order valence-electron chi connectivity index (χ1n) is 7.88. The van der Waals surface area contributed by atoms with Gasteiger partial charge in [0.15, 0.2) is 11.0 Å². The Hall–Kier alpha value is -2.16. The minimum atomic E-state index is -0.218. The molecule has 0 fully saturated rings. The van der Waals surface area contributed by atoms with Gasteiger partial charge in [0, 0.05) is 22.1 Å². The summed E-state index contributed by atoms with van der Waals surface area (Å²) in [6.07, 6.45) is 1.59. The number of carbonyl (C=O) groups is 1. The van der Waals surface area contributed by atoms with Gasteiger partial charge in [-0.1, -0.05) is 51.4 Å². The van der Waals surface area contributed by atoms with Gasteiger partial charge >= 0.3 is 0 Å². The van der Waals surface area contributed by atoms with E-state index in [4.69, 9.17) is 11.6 Å². The molecule has 0 bridgehead atoms. The van der Waals surface area contributed by atoms with E-state index in [1.54, 1.807) is 18.3 Å². The third-order valence-electron chi connectivity index (χ3n) is 3.54. The van der Waals surface area contributed by atoms with E-state index < -0.39 is 0 Å². The number of hydrogen-bond acceptors (Lipinski definition) is 5. The van der Waals surface area contributed by atoms with Crippen LogP contribution in [-0.2, 0) is 11.8 Å². The van der Waals surface area contributed by atoms with Gasteiger partial charge in [0.1, 0.15) is 0 Å². The maximum Gasteiger partial charge on any atom is 0.250 e. The third kappa shape index (κ3) is 5.41. The number of amides is 1. The molecule has 6 nitrogen and oxygen atoms in total. The third-order valence-corrected chi connectivity index (χ3v) is 5.34. The van der Waals surface area contributed by atoms with E-state index >= 15 is 0 Å². The van der Waals surface area contributed by atoms with Crippen molar-refractivity contribution in [1.82, 2.24) is 20.2 Å². The summed E-state index contributed by atoms with van der Waals surface area (Å²) in [7, 11) is 1.86. The molecule has 0 saturated carbocycles. The highest BCUT2D eigenvalue weighted by Gasteiger charge is 2.12. The lowest BCUT2D eigenvalue weighted by Crippen LogP contribution is -2.19. The molecule has 27 heavy (non-hydrogen) atoms. The molecule has 0 atom stereocenters. The first kappa shape index (κ1) is 19.6. The zero-order chi connectivity index (χ0) is 19.2. The van der Waals surface area contributed by atoms with Crippen LogP contribution in [0.2, 0.25) is 5.02 Å². The molecular formula is C18H15BrClN5OS. The number of halogens is 2. The van der Waals surface area contributed by atoms with Crippen molar-refractivity contribution in [2.45, 2.75) is 5.16 Å². The summed E-state index contributed by atoms with van der Waals surface area (Å²) in [5.74, 6) is 0.678. The quantitative estimate of drug-likeness (QED) is 0.338. The van der Waals surface area contributed by atoms with Crippen molar-refractivity contribution in [3.8, 4) is 11.4 Å². The number of benzene rings is 2. The highest BCUT2D eigenvalue weighted by atomic mass is 79.9. The molecule has 0 radical (unpaired) electrons. The lowest BCUT2D eigenvalue weighted by molar-refractivity contribution is -0.118. The van der Waals surface area contributed by atoms with Gasteiger partial charge in [0.2, 0.25) is 0 Å². The van der Waals surface area contributed by atoms with Crippen LogP contribution in [-0.4, -0.2) is 32.6 Å². The van der Waals surface area contributed by atoms with Crippen LogP contribution < -0.4 is 5.43 Å². The van der Waals surface area contributed by atoms with E-state index in [-0.39, 0.29) is 11.7 Å². The van der Waals surface area contributed by atoms with Gasteiger partial charge in [-0.2, -0.15) is 5.10 Å². The van der Waals surface area contributed by atoms with Crippen molar-refractivity contribution < 1.29 is 4.79 Å². The Labute approximate surface area is 174 Å². The number of hydrogen-bond donors (Lipinski definition) is 1. The van der Waals surface area contributed by atoms with Gasteiger partial charge in [-0.25, -0.2) is 5.43 Å². The normalized spacial score (nSPS) is 11.1. The number of thioether (sulfide) groups is 1. The summed E-state index contributed by atoms with van der Waals surface area (Å²) in [5, 5.41) is 13.6. The monoisotopic (exact) mass is 463 g/mol. The Balaban J connectivity index is 1.54. The second-order valence-electron chi connectivity index (χ2n) is 5.51. The second-order valence-corrected chi connectivity index (χ2v) is 7.80. The molecule has 2 aromatic carbocycles. The fourth-order valence-corrected chi connectivity index (χ4v) is 3.27. The first-order valence-corrected chi connectivity index (χ1v) is 10.0. The smallest absolute Gasteiger partial charge is 0.250 e. The maximum absolute atomic E-state index is 12.0. The molecule has 1 N–H and O–H groups in total. The lowest BCUT2D eigenvalue weighted by Gasteiger charge is -2.04. The second kappa shape index (κ2) is 9.16. The average Bonchev–Trinajstić information content (AvgIpc) is 3.03. The maximum atomic E-state index is 12.0. The van der Waals surface area contributed by atoms with Crippen molar-refractivity contribution >= 4 is 51.4 Å². The van der Waals surface area contributed by atoms with E-state index in [1.807, 2.05) is 48.0 Å². The molecule has 0 unspecified atom stereocenters. The molecule has 1 heterocycles. The van der Waals surface area contributed by atoms with E-state index in [9.17, 15) is 4.79 Å². The molecule has 0 aliphatic heterocycles. The van der Waals surface area contributed by atoms with Crippen LogP contribution in [0.25, 0.3) is 11.4 Å². The van der Waals surface area contributed by atoms with Gasteiger partial charge in [-0.3, -0.25) is 4.79 Å². The Morgan fingerprint density at radius 3 is 2.63 bits per heavy atom. The van der Waals surface area contributed by atoms with Crippen LogP contribution in [0.3, 0.4) is 0 Å². The van der Waals surface area contributed by atoms with Crippen LogP contribution in [0, 0.1) is 0 Å². The predicted octanol–water partition coefficient (Wildman–Crippen LogP) is 4.14. The molecule has 3 rings (SSSR count). The SMILES string of the molecule is Cn1c(SCC(=O)N/N=C\c2ccc(Br)cc2)nnc1-c1ccc(Cl)cc1. The molecule has 1 aromatic heterocycles. The van der Waals surface area contributed by atoms with E-state index in [2.05, 4.69) is 36.7 Å². The summed E-state index contributed by atoms with van der Waals surface area (Å²) in [4.78, 5) is 12.0. The summed E-state index contributed by atoms with van der Waals surface area (Å²) in [6.45, 7) is 0. The number of nitrogens with one attached hydrogen (secondary N) is 1. The Morgan fingerprint density at radius 1 is 1.22 bits per heavy atom. The summed E-state index contributed by atoms with van der Waals surface area (Å²) < 4.78 is 2.83. The lowest BCUT2D eigenvalue weighted by atomic mass is 10.2. The Kier molecular flexibility index (Phi) is 6.65. The number of aromatic nitrogens is 3. The van der Waals surface area contributed by atoms with Gasteiger partial charge < -0.3 is 4.57 Å². The van der Waals surface area contributed by atoms with Crippen molar-refractivity contribution in [3.05, 3.63) is 63.6 Å². The van der Waals surface area contributed by atoms with E-state index in [1.165, 1.54) is 11.8 Å². The zero-order valence-electron chi connectivity index (χ0n) is 14.3. The minimum Gasteiger partial charge on any atom is -0.305 e. The fraction of sp³-hybridized carbons (Fsp3) is 0.111. The first-order chi connectivity index (χ1) is 13.0. The molecule has 138 valence electrons. The number of nitrogens with zero attached hydrogens (tertiary/aromatic N) is 4. The van der Waals surface area contributed by atoms with Gasteiger partial charge in [0.05, 0.1) is 12.0 Å². The van der Waals surface area contributed by atoms with Crippen molar-refractivity contribution in [3.63, 3.8) is 0 Å².